The number of carbonyl (C=O) groups excluding carboxylic acids is 1. The number of halogens is 1. The molecule has 2 N–H and O–H groups in total. The van der Waals surface area contributed by atoms with Crippen molar-refractivity contribution in [2.75, 3.05) is 6.61 Å². The molecule has 0 aliphatic carbocycles. The highest BCUT2D eigenvalue weighted by atomic mass is 35.5. The van der Waals surface area contributed by atoms with Gasteiger partial charge in [0.1, 0.15) is 11.5 Å². The number of carboxylic acids is 1. The van der Waals surface area contributed by atoms with Gasteiger partial charge < -0.3 is 14.6 Å². The van der Waals surface area contributed by atoms with Crippen LogP contribution in [0.3, 0.4) is 0 Å². The van der Waals surface area contributed by atoms with Gasteiger partial charge in [0.25, 0.3) is 5.91 Å². The topological polar surface area (TPSA) is 97.2 Å². The second-order valence-corrected chi connectivity index (χ2v) is 5.59. The molecule has 0 aliphatic rings. The Balaban J connectivity index is 1.79. The molecule has 1 unspecified atom stereocenters. The largest absolute Gasteiger partial charge is 0.482 e. The van der Waals surface area contributed by atoms with Crippen LogP contribution in [0.15, 0.2) is 53.6 Å². The molecular formula is C18H17ClN2O5. The number of para-hydroxylation sites is 1. The predicted octanol–water partition coefficient (Wildman–Crippen LogP) is 2.72. The standard InChI is InChI=1S/C18H17ClN2O5/c1-12(18(23)24)26-14-8-6-13(7-9-14)10-20-21-17(22)11-25-16-5-3-2-4-15(16)19/h2-10,12H,11H2,1H3,(H,21,22)(H,23,24). The van der Waals surface area contributed by atoms with Gasteiger partial charge in [-0.3, -0.25) is 4.79 Å². The molecule has 0 aromatic heterocycles. The number of aliphatic carboxylic acids is 1. The van der Waals surface area contributed by atoms with Crippen LogP contribution < -0.4 is 14.9 Å². The van der Waals surface area contributed by atoms with Crippen molar-refractivity contribution in [1.82, 2.24) is 5.43 Å². The lowest BCUT2D eigenvalue weighted by atomic mass is 10.2. The fraction of sp³-hybridized carbons (Fsp3) is 0.167. The van der Waals surface area contributed by atoms with Gasteiger partial charge in [-0.25, -0.2) is 10.2 Å². The Kier molecular flexibility index (Phi) is 6.99. The normalized spacial score (nSPS) is 11.8. The van der Waals surface area contributed by atoms with Crippen LogP contribution in [0.4, 0.5) is 0 Å². The first kappa shape index (κ1) is 19.3. The number of nitrogens with zero attached hydrogens (tertiary/aromatic N) is 1. The Morgan fingerprint density at radius 2 is 1.92 bits per heavy atom. The number of ether oxygens (including phenoxy) is 2. The summed E-state index contributed by atoms with van der Waals surface area (Å²) in [5.41, 5.74) is 3.04. The lowest BCUT2D eigenvalue weighted by molar-refractivity contribution is -0.144. The fourth-order valence-electron chi connectivity index (χ4n) is 1.80. The highest BCUT2D eigenvalue weighted by Crippen LogP contribution is 2.22. The third-order valence-corrected chi connectivity index (χ3v) is 3.45. The maximum atomic E-state index is 11.7. The molecule has 0 saturated heterocycles. The number of hydrogen-bond acceptors (Lipinski definition) is 5. The van der Waals surface area contributed by atoms with E-state index in [1.165, 1.54) is 13.1 Å². The summed E-state index contributed by atoms with van der Waals surface area (Å²) in [6.07, 6.45) is 0.504. The molecule has 26 heavy (non-hydrogen) atoms. The fourth-order valence-corrected chi connectivity index (χ4v) is 1.99. The lowest BCUT2D eigenvalue weighted by Gasteiger charge is -2.09. The van der Waals surface area contributed by atoms with Crippen LogP contribution in [0.5, 0.6) is 11.5 Å². The van der Waals surface area contributed by atoms with E-state index < -0.39 is 18.0 Å². The maximum absolute atomic E-state index is 11.7. The van der Waals surface area contributed by atoms with Crippen LogP contribution in [0.2, 0.25) is 5.02 Å². The molecule has 0 spiro atoms. The van der Waals surface area contributed by atoms with Gasteiger partial charge in [0.2, 0.25) is 0 Å². The Labute approximate surface area is 155 Å². The minimum Gasteiger partial charge on any atom is -0.482 e. The molecule has 2 rings (SSSR count). The minimum atomic E-state index is -1.04. The molecule has 1 atom stereocenters. The van der Waals surface area contributed by atoms with Gasteiger partial charge in [0.05, 0.1) is 11.2 Å². The van der Waals surface area contributed by atoms with E-state index in [0.717, 1.165) is 0 Å². The summed E-state index contributed by atoms with van der Waals surface area (Å²) in [5, 5.41) is 13.0. The molecule has 7 nitrogen and oxygen atoms in total. The van der Waals surface area contributed by atoms with E-state index in [1.54, 1.807) is 48.5 Å². The van der Waals surface area contributed by atoms with Gasteiger partial charge in [0.15, 0.2) is 12.7 Å². The monoisotopic (exact) mass is 376 g/mol. The van der Waals surface area contributed by atoms with E-state index in [4.69, 9.17) is 26.2 Å². The molecule has 0 aliphatic heterocycles. The number of hydrogen-bond donors (Lipinski definition) is 2. The number of rotatable bonds is 8. The van der Waals surface area contributed by atoms with Crippen molar-refractivity contribution in [1.29, 1.82) is 0 Å². The SMILES string of the molecule is CC(Oc1ccc(C=NNC(=O)COc2ccccc2Cl)cc1)C(=O)O. The number of carboxylic acid groups (broad SMARTS) is 1. The second-order valence-electron chi connectivity index (χ2n) is 5.18. The van der Waals surface area contributed by atoms with Gasteiger partial charge in [-0.05, 0) is 48.9 Å². The van der Waals surface area contributed by atoms with Gasteiger partial charge in [0, 0.05) is 0 Å². The van der Waals surface area contributed by atoms with E-state index in [0.29, 0.717) is 22.1 Å². The Hall–Kier alpha value is -3.06. The number of carbonyl (C=O) groups is 2. The van der Waals surface area contributed by atoms with Crippen molar-refractivity contribution < 1.29 is 24.2 Å². The third-order valence-electron chi connectivity index (χ3n) is 3.14. The first-order valence-electron chi connectivity index (χ1n) is 7.64. The van der Waals surface area contributed by atoms with Crippen LogP contribution in [-0.4, -0.2) is 35.9 Å². The van der Waals surface area contributed by atoms with Crippen LogP contribution in [0, 0.1) is 0 Å². The highest BCUT2D eigenvalue weighted by molar-refractivity contribution is 6.32. The Morgan fingerprint density at radius 1 is 1.23 bits per heavy atom. The molecule has 136 valence electrons. The average molecular weight is 377 g/mol. The molecular weight excluding hydrogens is 360 g/mol. The van der Waals surface area contributed by atoms with Crippen molar-refractivity contribution in [2.45, 2.75) is 13.0 Å². The number of nitrogens with one attached hydrogen (secondary N) is 1. The zero-order valence-corrected chi connectivity index (χ0v) is 14.6. The molecule has 0 bridgehead atoms. The average Bonchev–Trinajstić information content (AvgIpc) is 2.62. The molecule has 0 fully saturated rings. The summed E-state index contributed by atoms with van der Waals surface area (Å²) >= 11 is 5.92. The van der Waals surface area contributed by atoms with Crippen molar-refractivity contribution >= 4 is 29.7 Å². The van der Waals surface area contributed by atoms with Crippen molar-refractivity contribution in [2.24, 2.45) is 5.10 Å². The van der Waals surface area contributed by atoms with Crippen LogP contribution >= 0.6 is 11.6 Å². The zero-order chi connectivity index (χ0) is 18.9. The first-order valence-corrected chi connectivity index (χ1v) is 8.02. The molecule has 0 saturated carbocycles. The van der Waals surface area contributed by atoms with Crippen molar-refractivity contribution in [3.63, 3.8) is 0 Å². The summed E-state index contributed by atoms with van der Waals surface area (Å²) in [6, 6.07) is 13.4. The summed E-state index contributed by atoms with van der Waals surface area (Å²) < 4.78 is 10.5. The number of benzene rings is 2. The molecule has 0 heterocycles. The molecule has 2 aromatic carbocycles. The van der Waals surface area contributed by atoms with Crippen LogP contribution in [0.25, 0.3) is 0 Å². The van der Waals surface area contributed by atoms with Gasteiger partial charge in [-0.1, -0.05) is 23.7 Å². The number of hydrazone groups is 1. The van der Waals surface area contributed by atoms with Gasteiger partial charge in [-0.2, -0.15) is 5.10 Å². The predicted molar refractivity (Wildman–Crippen MR) is 96.9 cm³/mol. The van der Waals surface area contributed by atoms with Gasteiger partial charge in [-0.15, -0.1) is 0 Å². The first-order chi connectivity index (χ1) is 12.5. The number of amides is 1. The third kappa shape index (κ3) is 6.10. The minimum absolute atomic E-state index is 0.221. The van der Waals surface area contributed by atoms with Crippen LogP contribution in [-0.2, 0) is 9.59 Å². The molecule has 2 aromatic rings. The Bertz CT molecular complexity index is 792. The van der Waals surface area contributed by atoms with E-state index in [1.807, 2.05) is 0 Å². The van der Waals surface area contributed by atoms with E-state index >= 15 is 0 Å². The summed E-state index contributed by atoms with van der Waals surface area (Å²) in [6.45, 7) is 1.22. The Morgan fingerprint density at radius 3 is 2.58 bits per heavy atom. The maximum Gasteiger partial charge on any atom is 0.344 e. The quantitative estimate of drug-likeness (QED) is 0.545. The molecule has 1 amide bonds. The highest BCUT2D eigenvalue weighted by Gasteiger charge is 2.11. The molecule has 0 radical (unpaired) electrons. The van der Waals surface area contributed by atoms with Crippen molar-refractivity contribution in [3.05, 3.63) is 59.1 Å². The summed E-state index contributed by atoms with van der Waals surface area (Å²) in [4.78, 5) is 22.4. The van der Waals surface area contributed by atoms with Crippen LogP contribution in [0.1, 0.15) is 12.5 Å². The zero-order valence-electron chi connectivity index (χ0n) is 13.9. The van der Waals surface area contributed by atoms with Crippen molar-refractivity contribution in [3.8, 4) is 11.5 Å². The second kappa shape index (κ2) is 9.43. The lowest BCUT2D eigenvalue weighted by Crippen LogP contribution is -2.24. The van der Waals surface area contributed by atoms with E-state index in [-0.39, 0.29) is 6.61 Å². The summed E-state index contributed by atoms with van der Waals surface area (Å²) in [7, 11) is 0. The smallest absolute Gasteiger partial charge is 0.344 e. The summed E-state index contributed by atoms with van der Waals surface area (Å²) in [5.74, 6) is -0.637. The van der Waals surface area contributed by atoms with Gasteiger partial charge >= 0.3 is 5.97 Å². The van der Waals surface area contributed by atoms with E-state index in [9.17, 15) is 9.59 Å². The molecule has 8 heteroatoms. The van der Waals surface area contributed by atoms with E-state index in [2.05, 4.69) is 10.5 Å².